The number of hydrogen-bond donors (Lipinski definition) is 1. The van der Waals surface area contributed by atoms with Gasteiger partial charge in [0.05, 0.1) is 6.04 Å². The third kappa shape index (κ3) is 4.48. The minimum absolute atomic E-state index is 0.0773. The zero-order valence-electron chi connectivity index (χ0n) is 12.6. The average molecular weight is 304 g/mol. The minimum Gasteiger partial charge on any atom is -0.488 e. The Labute approximate surface area is 132 Å². The van der Waals surface area contributed by atoms with Crippen molar-refractivity contribution >= 4 is 11.6 Å². The molecule has 2 aromatic carbocycles. The topological polar surface area (TPSA) is 21.3 Å². The Morgan fingerprint density at radius 1 is 1.00 bits per heavy atom. The van der Waals surface area contributed by atoms with Crippen molar-refractivity contribution in [3.63, 3.8) is 0 Å². The molecular formula is C18H22ClNO. The normalized spacial score (nSPS) is 13.7. The van der Waals surface area contributed by atoms with Gasteiger partial charge in [-0.05, 0) is 42.8 Å². The van der Waals surface area contributed by atoms with E-state index in [0.29, 0.717) is 0 Å². The molecule has 0 heterocycles. The van der Waals surface area contributed by atoms with Crippen LogP contribution in [0, 0.1) is 0 Å². The van der Waals surface area contributed by atoms with Gasteiger partial charge in [0.2, 0.25) is 0 Å². The van der Waals surface area contributed by atoms with Crippen molar-refractivity contribution in [2.24, 2.45) is 0 Å². The van der Waals surface area contributed by atoms with Crippen LogP contribution in [-0.2, 0) is 0 Å². The first-order valence-electron chi connectivity index (χ1n) is 7.45. The van der Waals surface area contributed by atoms with Gasteiger partial charge < -0.3 is 10.1 Å². The van der Waals surface area contributed by atoms with E-state index in [1.165, 1.54) is 5.56 Å². The van der Waals surface area contributed by atoms with Crippen LogP contribution in [0.15, 0.2) is 54.6 Å². The molecule has 2 aromatic rings. The summed E-state index contributed by atoms with van der Waals surface area (Å²) in [5, 5.41) is 4.25. The fourth-order valence-corrected chi connectivity index (χ4v) is 2.55. The molecule has 0 aliphatic heterocycles. The Bertz CT molecular complexity index is 527. The van der Waals surface area contributed by atoms with E-state index >= 15 is 0 Å². The van der Waals surface area contributed by atoms with Gasteiger partial charge in [0.1, 0.15) is 11.9 Å². The van der Waals surface area contributed by atoms with E-state index in [1.54, 1.807) is 0 Å². The highest BCUT2D eigenvalue weighted by Crippen LogP contribution is 2.25. The second-order valence-electron chi connectivity index (χ2n) is 4.96. The molecule has 0 saturated heterocycles. The van der Waals surface area contributed by atoms with Crippen molar-refractivity contribution in [3.05, 3.63) is 65.2 Å². The maximum absolute atomic E-state index is 6.17. The van der Waals surface area contributed by atoms with Crippen LogP contribution in [0.3, 0.4) is 0 Å². The van der Waals surface area contributed by atoms with Crippen molar-refractivity contribution < 1.29 is 4.74 Å². The summed E-state index contributed by atoms with van der Waals surface area (Å²) in [6, 6.07) is 18.2. The quantitative estimate of drug-likeness (QED) is 0.789. The molecule has 0 aliphatic carbocycles. The number of ether oxygens (including phenoxy) is 1. The largest absolute Gasteiger partial charge is 0.488 e. The van der Waals surface area contributed by atoms with Gasteiger partial charge in [0.15, 0.2) is 0 Å². The zero-order valence-corrected chi connectivity index (χ0v) is 13.3. The minimum atomic E-state index is 0.0773. The number of hydrogen-bond acceptors (Lipinski definition) is 2. The molecule has 112 valence electrons. The van der Waals surface area contributed by atoms with Crippen LogP contribution >= 0.6 is 11.6 Å². The number of rotatable bonds is 7. The van der Waals surface area contributed by atoms with Gasteiger partial charge in [0.25, 0.3) is 0 Å². The molecule has 2 rings (SSSR count). The van der Waals surface area contributed by atoms with Gasteiger partial charge in [0, 0.05) is 5.02 Å². The Morgan fingerprint density at radius 3 is 2.24 bits per heavy atom. The Kier molecular flexibility index (Phi) is 6.09. The molecule has 0 bridgehead atoms. The third-order valence-electron chi connectivity index (χ3n) is 3.46. The van der Waals surface area contributed by atoms with Gasteiger partial charge in [-0.2, -0.15) is 0 Å². The van der Waals surface area contributed by atoms with Crippen molar-refractivity contribution in [2.75, 3.05) is 6.54 Å². The van der Waals surface area contributed by atoms with Crippen molar-refractivity contribution in [1.29, 1.82) is 0 Å². The summed E-state index contributed by atoms with van der Waals surface area (Å²) in [6.45, 7) is 5.17. The predicted octanol–water partition coefficient (Wildman–Crippen LogP) is 4.85. The second kappa shape index (κ2) is 8.06. The SMILES string of the molecule is CCNC(c1ccccc1)C(CC)Oc1ccc(Cl)cc1. The molecule has 0 amide bonds. The summed E-state index contributed by atoms with van der Waals surface area (Å²) < 4.78 is 6.17. The third-order valence-corrected chi connectivity index (χ3v) is 3.71. The van der Waals surface area contributed by atoms with Crippen molar-refractivity contribution in [2.45, 2.75) is 32.4 Å². The van der Waals surface area contributed by atoms with Crippen LogP contribution in [0.1, 0.15) is 31.9 Å². The molecule has 2 unspecified atom stereocenters. The van der Waals surface area contributed by atoms with Gasteiger partial charge in [-0.3, -0.25) is 0 Å². The number of benzene rings is 2. The highest BCUT2D eigenvalue weighted by Gasteiger charge is 2.22. The molecule has 0 aliphatic rings. The number of halogens is 1. The molecule has 3 heteroatoms. The predicted molar refractivity (Wildman–Crippen MR) is 89.0 cm³/mol. The van der Waals surface area contributed by atoms with E-state index in [2.05, 4.69) is 43.4 Å². The first-order chi connectivity index (χ1) is 10.2. The maximum atomic E-state index is 6.17. The lowest BCUT2D eigenvalue weighted by atomic mass is 9.99. The maximum Gasteiger partial charge on any atom is 0.119 e. The summed E-state index contributed by atoms with van der Waals surface area (Å²) in [5.41, 5.74) is 1.25. The van der Waals surface area contributed by atoms with Crippen LogP contribution < -0.4 is 10.1 Å². The molecule has 0 aromatic heterocycles. The summed E-state index contributed by atoms with van der Waals surface area (Å²) in [6.07, 6.45) is 1.00. The van der Waals surface area contributed by atoms with Gasteiger partial charge in [-0.15, -0.1) is 0 Å². The lowest BCUT2D eigenvalue weighted by Gasteiger charge is -2.28. The highest BCUT2D eigenvalue weighted by molar-refractivity contribution is 6.30. The average Bonchev–Trinajstić information content (AvgIpc) is 2.53. The highest BCUT2D eigenvalue weighted by atomic mass is 35.5. The summed E-state index contributed by atoms with van der Waals surface area (Å²) in [7, 11) is 0. The monoisotopic (exact) mass is 303 g/mol. The molecule has 2 atom stereocenters. The molecular weight excluding hydrogens is 282 g/mol. The van der Waals surface area contributed by atoms with E-state index in [0.717, 1.165) is 23.7 Å². The number of likely N-dealkylation sites (N-methyl/N-ethyl adjacent to an activating group) is 1. The van der Waals surface area contributed by atoms with E-state index in [4.69, 9.17) is 16.3 Å². The van der Waals surface area contributed by atoms with E-state index in [-0.39, 0.29) is 12.1 Å². The molecule has 0 saturated carbocycles. The van der Waals surface area contributed by atoms with Crippen molar-refractivity contribution in [1.82, 2.24) is 5.32 Å². The van der Waals surface area contributed by atoms with Gasteiger partial charge in [-0.1, -0.05) is 55.8 Å². The van der Waals surface area contributed by atoms with E-state index in [9.17, 15) is 0 Å². The second-order valence-corrected chi connectivity index (χ2v) is 5.40. The first-order valence-corrected chi connectivity index (χ1v) is 7.83. The van der Waals surface area contributed by atoms with Crippen LogP contribution in [0.4, 0.5) is 0 Å². The van der Waals surface area contributed by atoms with Crippen LogP contribution in [0.5, 0.6) is 5.75 Å². The Hall–Kier alpha value is -1.51. The van der Waals surface area contributed by atoms with E-state index in [1.807, 2.05) is 30.3 Å². The van der Waals surface area contributed by atoms with Gasteiger partial charge in [-0.25, -0.2) is 0 Å². The summed E-state index contributed by atoms with van der Waals surface area (Å²) in [5.74, 6) is 0.852. The van der Waals surface area contributed by atoms with Crippen LogP contribution in [-0.4, -0.2) is 12.6 Å². The number of nitrogens with one attached hydrogen (secondary N) is 1. The fourth-order valence-electron chi connectivity index (χ4n) is 2.42. The molecule has 21 heavy (non-hydrogen) atoms. The molecule has 2 nitrogen and oxygen atoms in total. The Morgan fingerprint density at radius 2 is 1.67 bits per heavy atom. The molecule has 0 spiro atoms. The summed E-state index contributed by atoms with van der Waals surface area (Å²) >= 11 is 5.92. The smallest absolute Gasteiger partial charge is 0.119 e. The van der Waals surface area contributed by atoms with Crippen molar-refractivity contribution in [3.8, 4) is 5.75 Å². The summed E-state index contributed by atoms with van der Waals surface area (Å²) in [4.78, 5) is 0. The van der Waals surface area contributed by atoms with Crippen LogP contribution in [0.2, 0.25) is 5.02 Å². The lowest BCUT2D eigenvalue weighted by molar-refractivity contribution is 0.149. The lowest BCUT2D eigenvalue weighted by Crippen LogP contribution is -2.35. The molecule has 0 radical (unpaired) electrons. The fraction of sp³-hybridized carbons (Fsp3) is 0.333. The van der Waals surface area contributed by atoms with Crippen LogP contribution in [0.25, 0.3) is 0 Å². The molecule has 0 fully saturated rings. The zero-order chi connectivity index (χ0) is 15.1. The van der Waals surface area contributed by atoms with E-state index < -0.39 is 0 Å². The van der Waals surface area contributed by atoms with Gasteiger partial charge >= 0.3 is 0 Å². The first kappa shape index (κ1) is 15.9. The standard InChI is InChI=1S/C18H22ClNO/c1-3-17(21-16-12-10-15(19)11-13-16)18(20-4-2)14-8-6-5-7-9-14/h5-13,17-18,20H,3-4H2,1-2H3. The Balaban J connectivity index is 2.17. The molecule has 1 N–H and O–H groups in total.